The number of nitrogens with zero attached hydrogens (tertiary/aromatic N) is 2. The number of hydrogen-bond donors (Lipinski definition) is 1. The Morgan fingerprint density at radius 1 is 1.30 bits per heavy atom. The largest absolute Gasteiger partial charge is 0.508 e. The minimum Gasteiger partial charge on any atom is -0.508 e. The van der Waals surface area contributed by atoms with Crippen LogP contribution in [-0.2, 0) is 0 Å². The molecule has 1 aliphatic rings. The van der Waals surface area contributed by atoms with Crippen molar-refractivity contribution in [2.75, 3.05) is 38.1 Å². The molecule has 0 aromatic heterocycles. The highest BCUT2D eigenvalue weighted by molar-refractivity contribution is 9.09. The number of halogens is 1. The molecule has 0 saturated carbocycles. The van der Waals surface area contributed by atoms with Crippen LogP contribution in [0.15, 0.2) is 18.2 Å². The van der Waals surface area contributed by atoms with Crippen LogP contribution >= 0.6 is 15.9 Å². The number of benzene rings is 1. The number of carbonyl (C=O) groups excluding carboxylic acids is 1. The van der Waals surface area contributed by atoms with Gasteiger partial charge in [0.15, 0.2) is 0 Å². The summed E-state index contributed by atoms with van der Waals surface area (Å²) < 4.78 is 0. The molecule has 1 N–H and O–H groups in total. The lowest BCUT2D eigenvalue weighted by molar-refractivity contribution is 0.0761. The molecule has 1 saturated heterocycles. The van der Waals surface area contributed by atoms with Gasteiger partial charge in [-0.3, -0.25) is 4.79 Å². The number of phenols is 1. The monoisotopic (exact) mass is 340 g/mol. The van der Waals surface area contributed by atoms with Gasteiger partial charge in [-0.1, -0.05) is 15.9 Å². The average Bonchev–Trinajstić information content (AvgIpc) is 2.64. The van der Waals surface area contributed by atoms with Crippen molar-refractivity contribution in [2.24, 2.45) is 0 Å². The van der Waals surface area contributed by atoms with E-state index in [1.165, 1.54) is 0 Å². The lowest BCUT2D eigenvalue weighted by Gasteiger charge is -2.22. The Balaban J connectivity index is 2.05. The summed E-state index contributed by atoms with van der Waals surface area (Å²) in [5.41, 5.74) is 1.52. The van der Waals surface area contributed by atoms with Crippen molar-refractivity contribution in [1.29, 1.82) is 0 Å². The second kappa shape index (κ2) is 7.09. The van der Waals surface area contributed by atoms with Crippen molar-refractivity contribution >= 4 is 21.8 Å². The van der Waals surface area contributed by atoms with Crippen molar-refractivity contribution < 1.29 is 9.90 Å². The van der Waals surface area contributed by atoms with Gasteiger partial charge in [-0.15, -0.1) is 0 Å². The maximum absolute atomic E-state index is 12.6. The van der Waals surface area contributed by atoms with Crippen molar-refractivity contribution in [1.82, 2.24) is 9.80 Å². The summed E-state index contributed by atoms with van der Waals surface area (Å²) in [6.45, 7) is 6.44. The number of amides is 1. The van der Waals surface area contributed by atoms with E-state index < -0.39 is 0 Å². The Hall–Kier alpha value is -1.07. The lowest BCUT2D eigenvalue weighted by Crippen LogP contribution is -2.35. The summed E-state index contributed by atoms with van der Waals surface area (Å²) in [5.74, 6) is 0.279. The fraction of sp³-hybridized carbons (Fsp3) is 0.533. The van der Waals surface area contributed by atoms with Crippen molar-refractivity contribution in [2.45, 2.75) is 13.3 Å². The van der Waals surface area contributed by atoms with Crippen molar-refractivity contribution in [3.8, 4) is 5.75 Å². The van der Waals surface area contributed by atoms with Gasteiger partial charge >= 0.3 is 0 Å². The maximum atomic E-state index is 12.6. The van der Waals surface area contributed by atoms with E-state index in [9.17, 15) is 9.90 Å². The Labute approximate surface area is 128 Å². The Bertz CT molecular complexity index is 479. The van der Waals surface area contributed by atoms with E-state index in [4.69, 9.17) is 0 Å². The van der Waals surface area contributed by atoms with Gasteiger partial charge in [0.2, 0.25) is 0 Å². The van der Waals surface area contributed by atoms with E-state index in [0.29, 0.717) is 5.56 Å². The van der Waals surface area contributed by atoms with Gasteiger partial charge in [-0.05, 0) is 43.7 Å². The van der Waals surface area contributed by atoms with Crippen LogP contribution in [-0.4, -0.2) is 58.9 Å². The zero-order chi connectivity index (χ0) is 14.5. The second-order valence-corrected chi connectivity index (χ2v) is 5.97. The zero-order valence-corrected chi connectivity index (χ0v) is 13.4. The number of aromatic hydroxyl groups is 1. The molecule has 1 amide bonds. The minimum atomic E-state index is 0.0724. The summed E-state index contributed by atoms with van der Waals surface area (Å²) >= 11 is 3.46. The number of carbonyl (C=O) groups is 1. The molecule has 110 valence electrons. The molecule has 0 atom stereocenters. The molecule has 1 aromatic rings. The van der Waals surface area contributed by atoms with E-state index in [1.807, 2.05) is 11.8 Å². The van der Waals surface area contributed by atoms with Gasteiger partial charge in [0.25, 0.3) is 5.91 Å². The van der Waals surface area contributed by atoms with Crippen molar-refractivity contribution in [3.63, 3.8) is 0 Å². The highest BCUT2D eigenvalue weighted by Gasteiger charge is 2.21. The first-order valence-corrected chi connectivity index (χ1v) is 8.11. The van der Waals surface area contributed by atoms with Crippen LogP contribution in [0.3, 0.4) is 0 Å². The zero-order valence-electron chi connectivity index (χ0n) is 11.8. The minimum absolute atomic E-state index is 0.0724. The normalized spacial score (nSPS) is 17.0. The predicted molar refractivity (Wildman–Crippen MR) is 83.6 cm³/mol. The number of rotatable bonds is 3. The Morgan fingerprint density at radius 3 is 2.80 bits per heavy atom. The van der Waals surface area contributed by atoms with Crippen LogP contribution in [0.1, 0.15) is 22.3 Å². The third-order valence-corrected chi connectivity index (χ3v) is 4.07. The fourth-order valence-corrected chi connectivity index (χ4v) is 3.08. The molecule has 0 unspecified atom stereocenters. The first-order chi connectivity index (χ1) is 9.61. The van der Waals surface area contributed by atoms with Gasteiger partial charge in [0.1, 0.15) is 5.75 Å². The standard InChI is InChI=1S/C15H21BrN2O2/c1-12-11-13(19)3-4-14(12)15(20)18-7-2-6-17(8-5-16)9-10-18/h3-4,11,19H,2,5-10H2,1H3. The smallest absolute Gasteiger partial charge is 0.254 e. The van der Waals surface area contributed by atoms with Crippen LogP contribution in [0.4, 0.5) is 0 Å². The van der Waals surface area contributed by atoms with E-state index in [2.05, 4.69) is 20.8 Å². The third-order valence-electron chi connectivity index (χ3n) is 3.72. The van der Waals surface area contributed by atoms with E-state index in [1.54, 1.807) is 18.2 Å². The molecule has 5 heteroatoms. The van der Waals surface area contributed by atoms with Gasteiger partial charge in [0, 0.05) is 37.1 Å². The molecular formula is C15H21BrN2O2. The molecule has 0 aliphatic carbocycles. The first-order valence-electron chi connectivity index (χ1n) is 6.99. The highest BCUT2D eigenvalue weighted by Crippen LogP contribution is 2.18. The quantitative estimate of drug-likeness (QED) is 0.858. The predicted octanol–water partition coefficient (Wildman–Crippen LogP) is 2.24. The topological polar surface area (TPSA) is 43.8 Å². The van der Waals surface area contributed by atoms with E-state index in [-0.39, 0.29) is 11.7 Å². The number of alkyl halides is 1. The van der Waals surface area contributed by atoms with Crippen LogP contribution in [0.5, 0.6) is 5.75 Å². The van der Waals surface area contributed by atoms with E-state index >= 15 is 0 Å². The van der Waals surface area contributed by atoms with Crippen molar-refractivity contribution in [3.05, 3.63) is 29.3 Å². The molecule has 1 aliphatic heterocycles. The summed E-state index contributed by atoms with van der Waals surface area (Å²) in [5, 5.41) is 10.4. The molecule has 0 radical (unpaired) electrons. The van der Waals surface area contributed by atoms with Gasteiger partial charge in [-0.2, -0.15) is 0 Å². The molecule has 0 spiro atoms. The SMILES string of the molecule is Cc1cc(O)ccc1C(=O)N1CCCN(CCBr)CC1. The van der Waals surface area contributed by atoms with Gasteiger partial charge < -0.3 is 14.9 Å². The fourth-order valence-electron chi connectivity index (χ4n) is 2.58. The van der Waals surface area contributed by atoms with Gasteiger partial charge in [0.05, 0.1) is 0 Å². The highest BCUT2D eigenvalue weighted by atomic mass is 79.9. The second-order valence-electron chi connectivity index (χ2n) is 5.18. The molecule has 2 rings (SSSR count). The molecular weight excluding hydrogens is 320 g/mol. The van der Waals surface area contributed by atoms with Crippen LogP contribution in [0.2, 0.25) is 0 Å². The molecule has 1 fully saturated rings. The summed E-state index contributed by atoms with van der Waals surface area (Å²) in [6, 6.07) is 4.94. The van der Waals surface area contributed by atoms with E-state index in [0.717, 1.165) is 50.0 Å². The summed E-state index contributed by atoms with van der Waals surface area (Å²) in [6.07, 6.45) is 1.01. The number of hydrogen-bond acceptors (Lipinski definition) is 3. The number of aryl methyl sites for hydroxylation is 1. The molecule has 20 heavy (non-hydrogen) atoms. The lowest BCUT2D eigenvalue weighted by atomic mass is 10.1. The summed E-state index contributed by atoms with van der Waals surface area (Å²) in [4.78, 5) is 16.9. The van der Waals surface area contributed by atoms with Crippen LogP contribution in [0.25, 0.3) is 0 Å². The van der Waals surface area contributed by atoms with Crippen LogP contribution in [0, 0.1) is 6.92 Å². The Morgan fingerprint density at radius 2 is 2.10 bits per heavy atom. The molecule has 0 bridgehead atoms. The summed E-state index contributed by atoms with van der Waals surface area (Å²) in [7, 11) is 0. The van der Waals surface area contributed by atoms with Gasteiger partial charge in [-0.25, -0.2) is 0 Å². The molecule has 1 heterocycles. The molecule has 1 aromatic carbocycles. The number of phenolic OH excluding ortho intramolecular Hbond substituents is 1. The first kappa shape index (κ1) is 15.3. The maximum Gasteiger partial charge on any atom is 0.254 e. The van der Waals surface area contributed by atoms with Crippen LogP contribution < -0.4 is 0 Å². The average molecular weight is 341 g/mol. The third kappa shape index (κ3) is 3.73. The molecule has 4 nitrogen and oxygen atoms in total. The Kier molecular flexibility index (Phi) is 5.43.